The van der Waals surface area contributed by atoms with Gasteiger partial charge in [0, 0.05) is 17.8 Å². The van der Waals surface area contributed by atoms with Crippen LogP contribution < -0.4 is 0 Å². The Morgan fingerprint density at radius 2 is 2.04 bits per heavy atom. The van der Waals surface area contributed by atoms with E-state index in [2.05, 4.69) is 13.5 Å². The van der Waals surface area contributed by atoms with E-state index in [9.17, 15) is 15.2 Å². The Hall–Kier alpha value is -0.900. The van der Waals surface area contributed by atoms with E-state index >= 15 is 0 Å². The molecule has 0 aromatic carbocycles. The molecule has 24 heavy (non-hydrogen) atoms. The Bertz CT molecular complexity index is 480. The number of aliphatic hydroxyl groups is 1. The summed E-state index contributed by atoms with van der Waals surface area (Å²) in [7, 11) is 0. The van der Waals surface area contributed by atoms with Gasteiger partial charge in [-0.2, -0.15) is 0 Å². The molecule has 0 heterocycles. The molecule has 0 aliphatic heterocycles. The van der Waals surface area contributed by atoms with Crippen molar-refractivity contribution in [3.8, 4) is 0 Å². The first kappa shape index (κ1) is 17.9. The Morgan fingerprint density at radius 3 is 2.71 bits per heavy atom. The molecule has 3 aliphatic rings. The molecule has 7 atom stereocenters. The van der Waals surface area contributed by atoms with Crippen LogP contribution in [0.3, 0.4) is 0 Å². The number of hydrogen-bond acceptors (Lipinski definition) is 3. The number of nitrogens with zero attached hydrogens (tertiary/aromatic N) is 1. The van der Waals surface area contributed by atoms with Crippen molar-refractivity contribution in [2.24, 2.45) is 29.1 Å². The number of aliphatic hydroxyl groups excluding tert-OH is 1. The second-order valence-corrected chi connectivity index (χ2v) is 8.86. The number of nitro groups is 1. The third kappa shape index (κ3) is 3.26. The number of allylic oxidation sites excluding steroid dienone is 1. The summed E-state index contributed by atoms with van der Waals surface area (Å²) >= 11 is 0. The lowest BCUT2D eigenvalue weighted by Crippen LogP contribution is -2.49. The molecule has 0 amide bonds. The van der Waals surface area contributed by atoms with Crippen LogP contribution in [0.4, 0.5) is 0 Å². The summed E-state index contributed by atoms with van der Waals surface area (Å²) in [5.74, 6) is 2.42. The van der Waals surface area contributed by atoms with Crippen LogP contribution in [0.25, 0.3) is 0 Å². The molecule has 0 aromatic rings. The zero-order valence-electron chi connectivity index (χ0n) is 15.0. The Labute approximate surface area is 145 Å². The van der Waals surface area contributed by atoms with Crippen LogP contribution >= 0.6 is 0 Å². The predicted molar refractivity (Wildman–Crippen MR) is 95.2 cm³/mol. The van der Waals surface area contributed by atoms with Crippen molar-refractivity contribution in [3.63, 3.8) is 0 Å². The minimum absolute atomic E-state index is 0.0525. The fraction of sp³-hybridized carbons (Fsp3) is 0.900. The molecule has 3 aliphatic carbocycles. The van der Waals surface area contributed by atoms with E-state index in [0.717, 1.165) is 51.4 Å². The smallest absolute Gasteiger partial charge is 0.213 e. The highest BCUT2D eigenvalue weighted by molar-refractivity contribution is 5.02. The number of rotatable bonds is 5. The van der Waals surface area contributed by atoms with Gasteiger partial charge in [0.1, 0.15) is 0 Å². The van der Waals surface area contributed by atoms with Gasteiger partial charge in [-0.05, 0) is 80.5 Å². The summed E-state index contributed by atoms with van der Waals surface area (Å²) in [6, 6.07) is -0.311. The van der Waals surface area contributed by atoms with E-state index in [1.165, 1.54) is 12.8 Å². The van der Waals surface area contributed by atoms with E-state index in [1.54, 1.807) is 0 Å². The van der Waals surface area contributed by atoms with Gasteiger partial charge in [0.25, 0.3) is 0 Å². The van der Waals surface area contributed by atoms with Gasteiger partial charge in [0.2, 0.25) is 6.04 Å². The lowest BCUT2D eigenvalue weighted by atomic mass is 9.49. The molecule has 3 fully saturated rings. The SMILES string of the molecule is C=CCCC1C(C2CCC([N+](=O)[O-])C2)CC[C@H]2C[C@H](O)CC[C@]12C. The van der Waals surface area contributed by atoms with Crippen molar-refractivity contribution in [1.82, 2.24) is 0 Å². The maximum absolute atomic E-state index is 11.2. The summed E-state index contributed by atoms with van der Waals surface area (Å²) in [4.78, 5) is 11.1. The second kappa shape index (κ2) is 7.15. The first-order chi connectivity index (χ1) is 11.5. The van der Waals surface area contributed by atoms with Crippen molar-refractivity contribution in [2.75, 3.05) is 0 Å². The molecular formula is C20H33NO3. The van der Waals surface area contributed by atoms with Crippen LogP contribution in [0.15, 0.2) is 12.7 Å². The summed E-state index contributed by atoms with van der Waals surface area (Å²) in [5, 5.41) is 21.3. The molecule has 3 saturated carbocycles. The van der Waals surface area contributed by atoms with Gasteiger partial charge in [-0.1, -0.05) is 13.0 Å². The molecule has 0 spiro atoms. The molecule has 4 nitrogen and oxygen atoms in total. The quantitative estimate of drug-likeness (QED) is 0.454. The highest BCUT2D eigenvalue weighted by Crippen LogP contribution is 2.59. The summed E-state index contributed by atoms with van der Waals surface area (Å²) in [5.41, 5.74) is 0.303. The molecule has 0 radical (unpaired) electrons. The van der Waals surface area contributed by atoms with Crippen molar-refractivity contribution in [1.29, 1.82) is 0 Å². The number of fused-ring (bicyclic) bond motifs is 1. The molecule has 136 valence electrons. The van der Waals surface area contributed by atoms with Gasteiger partial charge in [-0.25, -0.2) is 0 Å². The predicted octanol–water partition coefficient (Wildman–Crippen LogP) is 4.59. The highest BCUT2D eigenvalue weighted by atomic mass is 16.6. The van der Waals surface area contributed by atoms with E-state index in [4.69, 9.17) is 0 Å². The summed E-state index contributed by atoms with van der Waals surface area (Å²) < 4.78 is 0. The Balaban J connectivity index is 1.78. The summed E-state index contributed by atoms with van der Waals surface area (Å²) in [6.07, 6.45) is 12.1. The van der Waals surface area contributed by atoms with Crippen LogP contribution in [-0.2, 0) is 0 Å². The standard InChI is InChI=1S/C20H33NO3/c1-3-4-5-19-18(14-6-8-16(12-14)21(23)24)9-7-15-13-17(22)10-11-20(15,19)2/h3,14-19,22H,1,4-13H2,2H3/t14?,15-,16?,17+,18?,19?,20-/m0/s1. The van der Waals surface area contributed by atoms with Crippen LogP contribution in [0, 0.1) is 39.2 Å². The lowest BCUT2D eigenvalue weighted by molar-refractivity contribution is -0.521. The highest BCUT2D eigenvalue weighted by Gasteiger charge is 2.52. The van der Waals surface area contributed by atoms with E-state index in [0.29, 0.717) is 29.1 Å². The topological polar surface area (TPSA) is 63.4 Å². The molecule has 4 heteroatoms. The normalized spacial score (nSPS) is 45.6. The summed E-state index contributed by atoms with van der Waals surface area (Å²) in [6.45, 7) is 6.36. The van der Waals surface area contributed by atoms with Gasteiger partial charge in [0.05, 0.1) is 6.10 Å². The molecule has 0 aromatic heterocycles. The third-order valence-corrected chi connectivity index (χ3v) is 7.75. The molecule has 1 N–H and O–H groups in total. The maximum Gasteiger partial charge on any atom is 0.213 e. The van der Waals surface area contributed by atoms with Gasteiger partial charge in [-0.3, -0.25) is 10.1 Å². The van der Waals surface area contributed by atoms with Crippen LogP contribution in [0.5, 0.6) is 0 Å². The first-order valence-electron chi connectivity index (χ1n) is 9.88. The van der Waals surface area contributed by atoms with Crippen LogP contribution in [0.2, 0.25) is 0 Å². The lowest BCUT2D eigenvalue weighted by Gasteiger charge is -2.56. The molecule has 3 rings (SSSR count). The van der Waals surface area contributed by atoms with Gasteiger partial charge in [0.15, 0.2) is 0 Å². The second-order valence-electron chi connectivity index (χ2n) is 8.86. The van der Waals surface area contributed by atoms with E-state index in [-0.39, 0.29) is 17.1 Å². The zero-order chi connectivity index (χ0) is 17.3. The van der Waals surface area contributed by atoms with Gasteiger partial charge >= 0.3 is 0 Å². The van der Waals surface area contributed by atoms with Crippen molar-refractivity contribution < 1.29 is 10.0 Å². The minimum Gasteiger partial charge on any atom is -0.393 e. The van der Waals surface area contributed by atoms with Crippen LogP contribution in [-0.4, -0.2) is 22.2 Å². The van der Waals surface area contributed by atoms with Crippen molar-refractivity contribution >= 4 is 0 Å². The van der Waals surface area contributed by atoms with E-state index in [1.807, 2.05) is 6.08 Å². The maximum atomic E-state index is 11.2. The first-order valence-corrected chi connectivity index (χ1v) is 9.88. The number of hydrogen-bond donors (Lipinski definition) is 1. The average Bonchev–Trinajstić information content (AvgIpc) is 3.03. The van der Waals surface area contributed by atoms with Crippen LogP contribution in [0.1, 0.15) is 71.1 Å². The van der Waals surface area contributed by atoms with Crippen molar-refractivity contribution in [3.05, 3.63) is 22.8 Å². The molecule has 4 unspecified atom stereocenters. The zero-order valence-corrected chi connectivity index (χ0v) is 15.0. The van der Waals surface area contributed by atoms with Gasteiger partial charge < -0.3 is 5.11 Å². The minimum atomic E-state index is -0.311. The molecule has 0 bridgehead atoms. The average molecular weight is 335 g/mol. The van der Waals surface area contributed by atoms with Crippen molar-refractivity contribution in [2.45, 2.75) is 83.3 Å². The fourth-order valence-corrected chi connectivity index (χ4v) is 6.39. The molecule has 0 saturated heterocycles. The monoisotopic (exact) mass is 335 g/mol. The Kier molecular flexibility index (Phi) is 5.33. The van der Waals surface area contributed by atoms with E-state index < -0.39 is 0 Å². The fourth-order valence-electron chi connectivity index (χ4n) is 6.39. The molecular weight excluding hydrogens is 302 g/mol. The largest absolute Gasteiger partial charge is 0.393 e. The third-order valence-electron chi connectivity index (χ3n) is 7.75. The Morgan fingerprint density at radius 1 is 1.25 bits per heavy atom. The van der Waals surface area contributed by atoms with Gasteiger partial charge in [-0.15, -0.1) is 6.58 Å².